The molecule has 4 heteroatoms. The maximum Gasteiger partial charge on any atom is 0.114 e. The van der Waals surface area contributed by atoms with Crippen molar-refractivity contribution in [1.29, 1.82) is 0 Å². The zero-order chi connectivity index (χ0) is 15.4. The van der Waals surface area contributed by atoms with Crippen LogP contribution >= 0.6 is 11.6 Å². The van der Waals surface area contributed by atoms with Crippen LogP contribution in [-0.2, 0) is 17.7 Å². The van der Waals surface area contributed by atoms with Crippen molar-refractivity contribution in [3.8, 4) is 0 Å². The Morgan fingerprint density at radius 3 is 2.64 bits per heavy atom. The predicted molar refractivity (Wildman–Crippen MR) is 90.5 cm³/mol. The van der Waals surface area contributed by atoms with Gasteiger partial charge in [-0.2, -0.15) is 0 Å². The Morgan fingerprint density at radius 1 is 1.09 bits per heavy atom. The van der Waals surface area contributed by atoms with Crippen LogP contribution in [0.15, 0.2) is 48.5 Å². The number of imidazole rings is 1. The summed E-state index contributed by atoms with van der Waals surface area (Å²) in [7, 11) is 1.74. The summed E-state index contributed by atoms with van der Waals surface area (Å²) in [5.74, 6) is 1.08. The number of fused-ring (bicyclic) bond motifs is 1. The number of hydrogen-bond acceptors (Lipinski definition) is 2. The van der Waals surface area contributed by atoms with E-state index in [-0.39, 0.29) is 0 Å². The van der Waals surface area contributed by atoms with Crippen molar-refractivity contribution in [3.05, 3.63) is 64.9 Å². The number of para-hydroxylation sites is 2. The largest absolute Gasteiger partial charge is 0.385 e. The van der Waals surface area contributed by atoms with Gasteiger partial charge < -0.3 is 9.30 Å². The first-order valence-corrected chi connectivity index (χ1v) is 7.83. The van der Waals surface area contributed by atoms with E-state index in [1.807, 2.05) is 18.2 Å². The summed E-state index contributed by atoms with van der Waals surface area (Å²) < 4.78 is 7.47. The van der Waals surface area contributed by atoms with Gasteiger partial charge in [0.2, 0.25) is 0 Å². The van der Waals surface area contributed by atoms with E-state index in [1.165, 1.54) is 11.1 Å². The number of benzene rings is 2. The van der Waals surface area contributed by atoms with Gasteiger partial charge in [0.25, 0.3) is 0 Å². The third-order valence-corrected chi connectivity index (χ3v) is 3.99. The first-order chi connectivity index (χ1) is 10.8. The van der Waals surface area contributed by atoms with Gasteiger partial charge in [-0.05, 0) is 36.2 Å². The standard InChI is InChI=1S/C18H19ClN2O/c1-22-12-4-11-21-17-6-3-2-5-16(17)20-18(21)13-14-7-9-15(19)10-8-14/h2-3,5-10H,4,11-13H2,1H3. The number of aromatic nitrogens is 2. The quantitative estimate of drug-likeness (QED) is 0.634. The van der Waals surface area contributed by atoms with Crippen LogP contribution < -0.4 is 0 Å². The van der Waals surface area contributed by atoms with E-state index in [9.17, 15) is 0 Å². The summed E-state index contributed by atoms with van der Waals surface area (Å²) in [6.07, 6.45) is 1.78. The Kier molecular flexibility index (Phi) is 4.76. The van der Waals surface area contributed by atoms with E-state index in [0.29, 0.717) is 0 Å². The average Bonchev–Trinajstić information content (AvgIpc) is 2.88. The van der Waals surface area contributed by atoms with Gasteiger partial charge in [-0.1, -0.05) is 35.9 Å². The summed E-state index contributed by atoms with van der Waals surface area (Å²) >= 11 is 5.96. The molecule has 0 N–H and O–H groups in total. The molecule has 0 aliphatic heterocycles. The Morgan fingerprint density at radius 2 is 1.86 bits per heavy atom. The number of ether oxygens (including phenoxy) is 1. The summed E-state index contributed by atoms with van der Waals surface area (Å²) in [6.45, 7) is 1.67. The molecule has 0 spiro atoms. The Balaban J connectivity index is 1.92. The second-order valence-electron chi connectivity index (χ2n) is 5.32. The van der Waals surface area contributed by atoms with Crippen LogP contribution in [0.2, 0.25) is 5.02 Å². The zero-order valence-electron chi connectivity index (χ0n) is 12.6. The third kappa shape index (κ3) is 3.32. The first kappa shape index (κ1) is 15.1. The Bertz CT molecular complexity index is 749. The molecule has 0 saturated carbocycles. The maximum atomic E-state index is 5.96. The van der Waals surface area contributed by atoms with Crippen molar-refractivity contribution >= 4 is 22.6 Å². The third-order valence-electron chi connectivity index (χ3n) is 3.74. The van der Waals surface area contributed by atoms with Crippen LogP contribution in [0, 0.1) is 0 Å². The molecule has 0 saturated heterocycles. The lowest BCUT2D eigenvalue weighted by Crippen LogP contribution is -2.06. The number of aryl methyl sites for hydroxylation is 1. The van der Waals surface area contributed by atoms with Gasteiger partial charge >= 0.3 is 0 Å². The van der Waals surface area contributed by atoms with Crippen LogP contribution in [0.25, 0.3) is 11.0 Å². The Labute approximate surface area is 135 Å². The molecule has 3 nitrogen and oxygen atoms in total. The van der Waals surface area contributed by atoms with Crippen LogP contribution in [0.3, 0.4) is 0 Å². The molecule has 3 aromatic rings. The Hall–Kier alpha value is -1.84. The summed E-state index contributed by atoms with van der Waals surface area (Å²) in [4.78, 5) is 4.80. The number of nitrogens with zero attached hydrogens (tertiary/aromatic N) is 2. The first-order valence-electron chi connectivity index (χ1n) is 7.45. The lowest BCUT2D eigenvalue weighted by molar-refractivity contribution is 0.190. The molecule has 0 aliphatic rings. The molecule has 1 heterocycles. The minimum atomic E-state index is 0.757. The number of methoxy groups -OCH3 is 1. The molecule has 0 amide bonds. The van der Waals surface area contributed by atoms with Gasteiger partial charge in [-0.25, -0.2) is 4.98 Å². The fraction of sp³-hybridized carbons (Fsp3) is 0.278. The van der Waals surface area contributed by atoms with Crippen molar-refractivity contribution in [2.75, 3.05) is 13.7 Å². The van der Waals surface area contributed by atoms with Gasteiger partial charge in [-0.3, -0.25) is 0 Å². The molecule has 3 rings (SSSR count). The van der Waals surface area contributed by atoms with Crippen molar-refractivity contribution in [2.45, 2.75) is 19.4 Å². The topological polar surface area (TPSA) is 27.1 Å². The van der Waals surface area contributed by atoms with Crippen LogP contribution in [-0.4, -0.2) is 23.3 Å². The van der Waals surface area contributed by atoms with Crippen molar-refractivity contribution in [3.63, 3.8) is 0 Å². The van der Waals surface area contributed by atoms with Crippen molar-refractivity contribution in [2.24, 2.45) is 0 Å². The van der Waals surface area contributed by atoms with Gasteiger partial charge in [0.05, 0.1) is 11.0 Å². The monoisotopic (exact) mass is 314 g/mol. The lowest BCUT2D eigenvalue weighted by atomic mass is 10.1. The van der Waals surface area contributed by atoms with E-state index in [1.54, 1.807) is 7.11 Å². The summed E-state index contributed by atoms with van der Waals surface area (Å²) in [6, 6.07) is 16.2. The maximum absolute atomic E-state index is 5.96. The number of hydrogen-bond donors (Lipinski definition) is 0. The molecule has 0 atom stereocenters. The molecule has 0 radical (unpaired) electrons. The highest BCUT2D eigenvalue weighted by Gasteiger charge is 2.10. The molecule has 0 unspecified atom stereocenters. The average molecular weight is 315 g/mol. The predicted octanol–water partition coefficient (Wildman–Crippen LogP) is 4.32. The van der Waals surface area contributed by atoms with Crippen molar-refractivity contribution in [1.82, 2.24) is 9.55 Å². The molecule has 114 valence electrons. The van der Waals surface area contributed by atoms with Crippen LogP contribution in [0.4, 0.5) is 0 Å². The lowest BCUT2D eigenvalue weighted by Gasteiger charge is -2.09. The number of halogens is 1. The second-order valence-corrected chi connectivity index (χ2v) is 5.75. The second kappa shape index (κ2) is 6.95. The molecule has 1 aromatic heterocycles. The minimum Gasteiger partial charge on any atom is -0.385 e. The van der Waals surface area contributed by atoms with E-state index in [0.717, 1.165) is 42.4 Å². The molecule has 0 fully saturated rings. The van der Waals surface area contributed by atoms with Gasteiger partial charge in [0.1, 0.15) is 5.82 Å². The van der Waals surface area contributed by atoms with Gasteiger partial charge in [0, 0.05) is 31.7 Å². The molecular formula is C18H19ClN2O. The zero-order valence-corrected chi connectivity index (χ0v) is 13.4. The van der Waals surface area contributed by atoms with E-state index >= 15 is 0 Å². The SMILES string of the molecule is COCCCn1c(Cc2ccc(Cl)cc2)nc2ccccc21. The minimum absolute atomic E-state index is 0.757. The highest BCUT2D eigenvalue weighted by atomic mass is 35.5. The van der Waals surface area contributed by atoms with Crippen LogP contribution in [0.1, 0.15) is 17.8 Å². The molecule has 0 aliphatic carbocycles. The van der Waals surface area contributed by atoms with Gasteiger partial charge in [0.15, 0.2) is 0 Å². The molecule has 22 heavy (non-hydrogen) atoms. The molecular weight excluding hydrogens is 296 g/mol. The summed E-state index contributed by atoms with van der Waals surface area (Å²) in [5.41, 5.74) is 3.44. The normalized spacial score (nSPS) is 11.2. The summed E-state index contributed by atoms with van der Waals surface area (Å²) in [5, 5.41) is 0.761. The van der Waals surface area contributed by atoms with Gasteiger partial charge in [-0.15, -0.1) is 0 Å². The fourth-order valence-corrected chi connectivity index (χ4v) is 2.79. The molecule has 0 bridgehead atoms. The van der Waals surface area contributed by atoms with E-state index < -0.39 is 0 Å². The smallest absolute Gasteiger partial charge is 0.114 e. The van der Waals surface area contributed by atoms with Crippen molar-refractivity contribution < 1.29 is 4.74 Å². The number of rotatable bonds is 6. The van der Waals surface area contributed by atoms with Crippen LogP contribution in [0.5, 0.6) is 0 Å². The van der Waals surface area contributed by atoms with E-state index in [2.05, 4.69) is 34.9 Å². The molecule has 2 aromatic carbocycles. The highest BCUT2D eigenvalue weighted by molar-refractivity contribution is 6.30. The fourth-order valence-electron chi connectivity index (χ4n) is 2.66. The van der Waals surface area contributed by atoms with E-state index in [4.69, 9.17) is 21.3 Å². The highest BCUT2D eigenvalue weighted by Crippen LogP contribution is 2.20.